The Labute approximate surface area is 180 Å². The molecule has 0 spiro atoms. The lowest BCUT2D eigenvalue weighted by Gasteiger charge is -2.29. The van der Waals surface area contributed by atoms with E-state index in [0.29, 0.717) is 22.7 Å². The van der Waals surface area contributed by atoms with Crippen LogP contribution in [0.5, 0.6) is 5.75 Å². The van der Waals surface area contributed by atoms with Crippen LogP contribution in [0.2, 0.25) is 0 Å². The maximum Gasteiger partial charge on any atom is 0.306 e. The number of Topliss-reactive ketones (excluding diaryl/α,β-unsaturated/α-hetero) is 1. The number of anilines is 2. The summed E-state index contributed by atoms with van der Waals surface area (Å²) in [5.74, 6) is -1.06. The van der Waals surface area contributed by atoms with Crippen LogP contribution in [-0.2, 0) is 19.1 Å². The SMILES string of the molecule is CCOC(=O)CCC(=O)c1ccc2c(c1)N(CC(=O)Nc1ccc(C)cc1)C(=O)CO2. The van der Waals surface area contributed by atoms with Crippen molar-refractivity contribution in [2.45, 2.75) is 26.7 Å². The first-order chi connectivity index (χ1) is 14.9. The van der Waals surface area contributed by atoms with Gasteiger partial charge in [0.25, 0.3) is 5.91 Å². The molecule has 8 nitrogen and oxygen atoms in total. The molecule has 1 N–H and O–H groups in total. The highest BCUT2D eigenvalue weighted by molar-refractivity contribution is 6.06. The van der Waals surface area contributed by atoms with Gasteiger partial charge in [-0.15, -0.1) is 0 Å². The lowest BCUT2D eigenvalue weighted by molar-refractivity contribution is -0.143. The second-order valence-corrected chi connectivity index (χ2v) is 7.09. The van der Waals surface area contributed by atoms with Crippen molar-refractivity contribution >= 4 is 34.9 Å². The summed E-state index contributed by atoms with van der Waals surface area (Å²) >= 11 is 0. The first kappa shape index (κ1) is 22.0. The first-order valence-corrected chi connectivity index (χ1v) is 10.00. The van der Waals surface area contributed by atoms with Crippen molar-refractivity contribution in [2.75, 3.05) is 30.0 Å². The lowest BCUT2D eigenvalue weighted by Crippen LogP contribution is -2.43. The number of fused-ring (bicyclic) bond motifs is 1. The summed E-state index contributed by atoms with van der Waals surface area (Å²) in [6, 6.07) is 12.0. The Morgan fingerprint density at radius 1 is 1.10 bits per heavy atom. The van der Waals surface area contributed by atoms with Gasteiger partial charge in [0.1, 0.15) is 12.3 Å². The number of carbonyl (C=O) groups is 4. The molecule has 1 aliphatic heterocycles. The van der Waals surface area contributed by atoms with E-state index in [4.69, 9.17) is 9.47 Å². The molecule has 1 heterocycles. The third-order valence-corrected chi connectivity index (χ3v) is 4.72. The molecule has 0 saturated heterocycles. The summed E-state index contributed by atoms with van der Waals surface area (Å²) in [4.78, 5) is 50.2. The number of amides is 2. The Balaban J connectivity index is 1.73. The van der Waals surface area contributed by atoms with Crippen molar-refractivity contribution in [3.63, 3.8) is 0 Å². The monoisotopic (exact) mass is 424 g/mol. The van der Waals surface area contributed by atoms with Gasteiger partial charge in [-0.05, 0) is 44.2 Å². The molecule has 0 bridgehead atoms. The van der Waals surface area contributed by atoms with Gasteiger partial charge < -0.3 is 14.8 Å². The van der Waals surface area contributed by atoms with Crippen LogP contribution in [-0.4, -0.2) is 43.3 Å². The highest BCUT2D eigenvalue weighted by atomic mass is 16.5. The largest absolute Gasteiger partial charge is 0.482 e. The van der Waals surface area contributed by atoms with E-state index in [1.165, 1.54) is 11.0 Å². The van der Waals surface area contributed by atoms with Gasteiger partial charge in [-0.3, -0.25) is 24.1 Å². The molecule has 0 saturated carbocycles. The number of nitrogens with one attached hydrogen (secondary N) is 1. The van der Waals surface area contributed by atoms with E-state index in [1.54, 1.807) is 31.2 Å². The molecule has 31 heavy (non-hydrogen) atoms. The number of esters is 1. The molecule has 0 atom stereocenters. The Morgan fingerprint density at radius 3 is 2.55 bits per heavy atom. The van der Waals surface area contributed by atoms with Crippen molar-refractivity contribution in [3.05, 3.63) is 53.6 Å². The van der Waals surface area contributed by atoms with E-state index in [2.05, 4.69) is 5.32 Å². The van der Waals surface area contributed by atoms with Crippen LogP contribution in [0.25, 0.3) is 0 Å². The summed E-state index contributed by atoms with van der Waals surface area (Å²) in [5, 5.41) is 2.76. The van der Waals surface area contributed by atoms with Gasteiger partial charge in [0.05, 0.1) is 18.7 Å². The van der Waals surface area contributed by atoms with Crippen LogP contribution in [0.3, 0.4) is 0 Å². The number of nitrogens with zero attached hydrogens (tertiary/aromatic N) is 1. The van der Waals surface area contributed by atoms with Gasteiger partial charge in [0.2, 0.25) is 5.91 Å². The minimum Gasteiger partial charge on any atom is -0.482 e. The zero-order valence-electron chi connectivity index (χ0n) is 17.5. The maximum atomic E-state index is 12.5. The van der Waals surface area contributed by atoms with Crippen molar-refractivity contribution in [3.8, 4) is 5.75 Å². The van der Waals surface area contributed by atoms with Crippen LogP contribution >= 0.6 is 0 Å². The number of hydrogen-bond donors (Lipinski definition) is 1. The van der Waals surface area contributed by atoms with Crippen molar-refractivity contribution in [1.82, 2.24) is 0 Å². The minimum atomic E-state index is -0.443. The maximum absolute atomic E-state index is 12.5. The van der Waals surface area contributed by atoms with Crippen LogP contribution in [0.15, 0.2) is 42.5 Å². The summed E-state index contributed by atoms with van der Waals surface area (Å²) in [5.41, 5.74) is 2.36. The minimum absolute atomic E-state index is 0.0136. The molecule has 2 amide bonds. The van der Waals surface area contributed by atoms with Gasteiger partial charge in [-0.1, -0.05) is 17.7 Å². The fourth-order valence-electron chi connectivity index (χ4n) is 3.12. The molecule has 162 valence electrons. The quantitative estimate of drug-likeness (QED) is 0.516. The first-order valence-electron chi connectivity index (χ1n) is 10.00. The average Bonchev–Trinajstić information content (AvgIpc) is 2.75. The third kappa shape index (κ3) is 5.69. The molecule has 0 unspecified atom stereocenters. The predicted octanol–water partition coefficient (Wildman–Crippen LogP) is 2.89. The topological polar surface area (TPSA) is 102 Å². The van der Waals surface area contributed by atoms with Crippen LogP contribution in [0.4, 0.5) is 11.4 Å². The van der Waals surface area contributed by atoms with Crippen LogP contribution < -0.4 is 15.0 Å². The van der Waals surface area contributed by atoms with E-state index in [1.807, 2.05) is 19.1 Å². The third-order valence-electron chi connectivity index (χ3n) is 4.72. The smallest absolute Gasteiger partial charge is 0.306 e. The van der Waals surface area contributed by atoms with E-state index in [-0.39, 0.29) is 50.2 Å². The number of aryl methyl sites for hydroxylation is 1. The summed E-state index contributed by atoms with van der Waals surface area (Å²) in [6.45, 7) is 3.49. The molecule has 0 aliphatic carbocycles. The lowest BCUT2D eigenvalue weighted by atomic mass is 10.0. The molecular formula is C23H24N2O6. The summed E-state index contributed by atoms with van der Waals surface area (Å²) in [6.07, 6.45) is -0.0395. The Hall–Kier alpha value is -3.68. The number of carbonyl (C=O) groups excluding carboxylic acids is 4. The standard InChI is InChI=1S/C23H24N2O6/c1-3-30-23(29)11-9-19(26)16-6-10-20-18(12-16)25(22(28)14-31-20)13-21(27)24-17-7-4-15(2)5-8-17/h4-8,10,12H,3,9,11,13-14H2,1-2H3,(H,24,27). The normalized spacial score (nSPS) is 12.6. The number of hydrogen-bond acceptors (Lipinski definition) is 6. The summed E-state index contributed by atoms with van der Waals surface area (Å²) in [7, 11) is 0. The molecule has 0 fully saturated rings. The van der Waals surface area contributed by atoms with E-state index < -0.39 is 5.97 Å². The van der Waals surface area contributed by atoms with E-state index >= 15 is 0 Å². The molecule has 1 aliphatic rings. The zero-order chi connectivity index (χ0) is 22.4. The average molecular weight is 424 g/mol. The van der Waals surface area contributed by atoms with E-state index in [0.717, 1.165) is 5.56 Å². The fourth-order valence-corrected chi connectivity index (χ4v) is 3.12. The van der Waals surface area contributed by atoms with Gasteiger partial charge in [-0.2, -0.15) is 0 Å². The Bertz CT molecular complexity index is 1000. The van der Waals surface area contributed by atoms with Crippen molar-refractivity contribution in [1.29, 1.82) is 0 Å². The molecule has 2 aromatic carbocycles. The van der Waals surface area contributed by atoms with E-state index in [9.17, 15) is 19.2 Å². The van der Waals surface area contributed by atoms with Gasteiger partial charge in [-0.25, -0.2) is 0 Å². The zero-order valence-corrected chi connectivity index (χ0v) is 17.5. The molecule has 0 radical (unpaired) electrons. The van der Waals surface area contributed by atoms with Crippen molar-refractivity contribution in [2.24, 2.45) is 0 Å². The van der Waals surface area contributed by atoms with Gasteiger partial charge in [0.15, 0.2) is 12.4 Å². The molecule has 0 aromatic heterocycles. The van der Waals surface area contributed by atoms with Crippen LogP contribution in [0.1, 0.15) is 35.7 Å². The second kappa shape index (κ2) is 9.88. The fraction of sp³-hybridized carbons (Fsp3) is 0.304. The Kier molecular flexibility index (Phi) is 7.02. The van der Waals surface area contributed by atoms with Gasteiger partial charge in [0, 0.05) is 17.7 Å². The highest BCUT2D eigenvalue weighted by Gasteiger charge is 2.28. The predicted molar refractivity (Wildman–Crippen MR) is 114 cm³/mol. The van der Waals surface area contributed by atoms with Gasteiger partial charge >= 0.3 is 5.97 Å². The second-order valence-electron chi connectivity index (χ2n) is 7.09. The highest BCUT2D eigenvalue weighted by Crippen LogP contribution is 2.33. The number of ketones is 1. The van der Waals surface area contributed by atoms with Crippen molar-refractivity contribution < 1.29 is 28.7 Å². The Morgan fingerprint density at radius 2 is 1.84 bits per heavy atom. The molecular weight excluding hydrogens is 400 g/mol. The molecule has 3 rings (SSSR count). The summed E-state index contributed by atoms with van der Waals surface area (Å²) < 4.78 is 10.3. The number of benzene rings is 2. The number of ether oxygens (including phenoxy) is 2. The molecule has 8 heteroatoms. The molecule has 2 aromatic rings. The number of rotatable bonds is 8. The van der Waals surface area contributed by atoms with Crippen LogP contribution in [0, 0.1) is 6.92 Å².